The Balaban J connectivity index is 2.02. The Morgan fingerprint density at radius 1 is 1.42 bits per heavy atom. The lowest BCUT2D eigenvalue weighted by atomic mass is 10.2. The van der Waals surface area contributed by atoms with Gasteiger partial charge in [-0.05, 0) is 29.8 Å². The quantitative estimate of drug-likeness (QED) is 0.916. The zero-order valence-electron chi connectivity index (χ0n) is 10.4. The van der Waals surface area contributed by atoms with Crippen LogP contribution in [0.4, 0.5) is 4.39 Å². The van der Waals surface area contributed by atoms with Crippen LogP contribution in [-0.4, -0.2) is 18.0 Å². The van der Waals surface area contributed by atoms with Gasteiger partial charge >= 0.3 is 0 Å². The number of carbonyl (C=O) groups is 1. The molecule has 1 heterocycles. The third-order valence-electron chi connectivity index (χ3n) is 2.59. The fraction of sp³-hybridized carbons (Fsp3) is 0.143. The normalized spacial score (nSPS) is 10.0. The lowest BCUT2D eigenvalue weighted by Crippen LogP contribution is -2.22. The lowest BCUT2D eigenvalue weighted by molar-refractivity contribution is 0.0950. The zero-order valence-corrected chi connectivity index (χ0v) is 10.4. The van der Waals surface area contributed by atoms with E-state index in [0.717, 1.165) is 11.6 Å². The number of rotatable bonds is 4. The third kappa shape index (κ3) is 3.28. The summed E-state index contributed by atoms with van der Waals surface area (Å²) in [5, 5.41) is 2.69. The van der Waals surface area contributed by atoms with Crippen LogP contribution in [0.5, 0.6) is 5.75 Å². The van der Waals surface area contributed by atoms with Gasteiger partial charge in [-0.2, -0.15) is 0 Å². The number of halogens is 1. The fourth-order valence-corrected chi connectivity index (χ4v) is 1.59. The van der Waals surface area contributed by atoms with E-state index in [-0.39, 0.29) is 17.2 Å². The van der Waals surface area contributed by atoms with Gasteiger partial charge in [0.25, 0.3) is 5.91 Å². The van der Waals surface area contributed by atoms with Crippen molar-refractivity contribution in [3.05, 3.63) is 59.7 Å². The first-order chi connectivity index (χ1) is 9.20. The molecule has 0 unspecified atom stereocenters. The maximum absolute atomic E-state index is 13.5. The molecule has 0 aliphatic rings. The molecule has 5 heteroatoms. The largest absolute Gasteiger partial charge is 0.494 e. The Morgan fingerprint density at radius 3 is 2.89 bits per heavy atom. The van der Waals surface area contributed by atoms with Crippen molar-refractivity contribution in [2.75, 3.05) is 7.11 Å². The van der Waals surface area contributed by atoms with Gasteiger partial charge in [-0.1, -0.05) is 6.07 Å². The van der Waals surface area contributed by atoms with Crippen LogP contribution in [0.25, 0.3) is 0 Å². The highest BCUT2D eigenvalue weighted by Gasteiger charge is 2.09. The second kappa shape index (κ2) is 5.95. The van der Waals surface area contributed by atoms with Crippen molar-refractivity contribution in [1.82, 2.24) is 10.3 Å². The van der Waals surface area contributed by atoms with E-state index in [4.69, 9.17) is 4.74 Å². The maximum Gasteiger partial charge on any atom is 0.251 e. The van der Waals surface area contributed by atoms with Crippen LogP contribution in [0, 0.1) is 5.82 Å². The molecule has 0 spiro atoms. The number of amides is 1. The molecule has 1 aromatic heterocycles. The van der Waals surface area contributed by atoms with Gasteiger partial charge in [0.1, 0.15) is 0 Å². The number of benzene rings is 1. The molecule has 0 radical (unpaired) electrons. The number of nitrogens with zero attached hydrogens (tertiary/aromatic N) is 1. The van der Waals surface area contributed by atoms with Gasteiger partial charge in [-0.3, -0.25) is 9.78 Å². The van der Waals surface area contributed by atoms with E-state index >= 15 is 0 Å². The number of nitrogens with one attached hydrogen (secondary N) is 1. The Kier molecular flexibility index (Phi) is 4.07. The van der Waals surface area contributed by atoms with Crippen LogP contribution >= 0.6 is 0 Å². The standard InChI is InChI=1S/C14H13FN2O2/c1-19-13-5-4-11(7-12(13)15)14(18)17-9-10-3-2-6-16-8-10/h2-8H,9H2,1H3,(H,17,18). The first kappa shape index (κ1) is 13.0. The second-order valence-electron chi connectivity index (χ2n) is 3.89. The van der Waals surface area contributed by atoms with E-state index in [9.17, 15) is 9.18 Å². The number of pyridine rings is 1. The molecule has 1 aromatic carbocycles. The molecule has 0 aliphatic heterocycles. The molecular formula is C14H13FN2O2. The number of hydrogen-bond donors (Lipinski definition) is 1. The minimum Gasteiger partial charge on any atom is -0.494 e. The van der Waals surface area contributed by atoms with E-state index in [2.05, 4.69) is 10.3 Å². The average molecular weight is 260 g/mol. The molecule has 1 N–H and O–H groups in total. The van der Waals surface area contributed by atoms with Gasteiger partial charge in [-0.25, -0.2) is 4.39 Å². The van der Waals surface area contributed by atoms with Crippen LogP contribution in [-0.2, 0) is 6.54 Å². The molecule has 98 valence electrons. The Bertz CT molecular complexity index is 573. The third-order valence-corrected chi connectivity index (χ3v) is 2.59. The number of aromatic nitrogens is 1. The van der Waals surface area contributed by atoms with Crippen molar-refractivity contribution >= 4 is 5.91 Å². The fourth-order valence-electron chi connectivity index (χ4n) is 1.59. The van der Waals surface area contributed by atoms with Gasteiger partial charge in [-0.15, -0.1) is 0 Å². The van der Waals surface area contributed by atoms with Crippen molar-refractivity contribution in [1.29, 1.82) is 0 Å². The molecule has 4 nitrogen and oxygen atoms in total. The number of hydrogen-bond acceptors (Lipinski definition) is 3. The summed E-state index contributed by atoms with van der Waals surface area (Å²) >= 11 is 0. The van der Waals surface area contributed by atoms with Gasteiger partial charge in [0, 0.05) is 24.5 Å². The van der Waals surface area contributed by atoms with Crippen LogP contribution in [0.3, 0.4) is 0 Å². The highest BCUT2D eigenvalue weighted by atomic mass is 19.1. The lowest BCUT2D eigenvalue weighted by Gasteiger charge is -2.07. The van der Waals surface area contributed by atoms with Gasteiger partial charge < -0.3 is 10.1 Å². The highest BCUT2D eigenvalue weighted by molar-refractivity contribution is 5.94. The number of ether oxygens (including phenoxy) is 1. The summed E-state index contributed by atoms with van der Waals surface area (Å²) in [6.07, 6.45) is 3.32. The number of methoxy groups -OCH3 is 1. The molecule has 0 saturated carbocycles. The smallest absolute Gasteiger partial charge is 0.251 e. The van der Waals surface area contributed by atoms with Crippen LogP contribution in [0.1, 0.15) is 15.9 Å². The Hall–Kier alpha value is -2.43. The average Bonchev–Trinajstić information content (AvgIpc) is 2.45. The predicted octanol–water partition coefficient (Wildman–Crippen LogP) is 2.16. The molecule has 0 saturated heterocycles. The summed E-state index contributed by atoms with van der Waals surface area (Å²) < 4.78 is 18.3. The molecular weight excluding hydrogens is 247 g/mol. The molecule has 0 atom stereocenters. The zero-order chi connectivity index (χ0) is 13.7. The second-order valence-corrected chi connectivity index (χ2v) is 3.89. The van der Waals surface area contributed by atoms with E-state index in [0.29, 0.717) is 6.54 Å². The molecule has 2 aromatic rings. The van der Waals surface area contributed by atoms with Crippen molar-refractivity contribution in [2.45, 2.75) is 6.54 Å². The van der Waals surface area contributed by atoms with Crippen molar-refractivity contribution in [2.24, 2.45) is 0 Å². The molecule has 0 fully saturated rings. The van der Waals surface area contributed by atoms with Crippen LogP contribution in [0.2, 0.25) is 0 Å². The first-order valence-electron chi connectivity index (χ1n) is 5.71. The molecule has 0 bridgehead atoms. The van der Waals surface area contributed by atoms with Crippen molar-refractivity contribution in [3.63, 3.8) is 0 Å². The minimum atomic E-state index is -0.559. The van der Waals surface area contributed by atoms with Crippen molar-refractivity contribution < 1.29 is 13.9 Å². The first-order valence-corrected chi connectivity index (χ1v) is 5.71. The molecule has 0 aliphatic carbocycles. The maximum atomic E-state index is 13.5. The minimum absolute atomic E-state index is 0.115. The summed E-state index contributed by atoms with van der Waals surface area (Å²) in [6.45, 7) is 0.348. The van der Waals surface area contributed by atoms with Crippen LogP contribution in [0.15, 0.2) is 42.7 Å². The Morgan fingerprint density at radius 2 is 2.26 bits per heavy atom. The summed E-state index contributed by atoms with van der Waals surface area (Å²) in [6, 6.07) is 7.72. The monoisotopic (exact) mass is 260 g/mol. The van der Waals surface area contributed by atoms with E-state index < -0.39 is 5.82 Å². The predicted molar refractivity (Wildman–Crippen MR) is 68.4 cm³/mol. The van der Waals surface area contributed by atoms with E-state index in [1.807, 2.05) is 6.07 Å². The topological polar surface area (TPSA) is 51.2 Å². The van der Waals surface area contributed by atoms with Gasteiger partial charge in [0.2, 0.25) is 0 Å². The summed E-state index contributed by atoms with van der Waals surface area (Å²) in [5.74, 6) is -0.786. The number of carbonyl (C=O) groups excluding carboxylic acids is 1. The van der Waals surface area contributed by atoms with Crippen molar-refractivity contribution in [3.8, 4) is 5.75 Å². The summed E-state index contributed by atoms with van der Waals surface area (Å²) in [5.41, 5.74) is 1.13. The van der Waals surface area contributed by atoms with Crippen LogP contribution < -0.4 is 10.1 Å². The van der Waals surface area contributed by atoms with E-state index in [1.54, 1.807) is 18.5 Å². The molecule has 19 heavy (non-hydrogen) atoms. The SMILES string of the molecule is COc1ccc(C(=O)NCc2cccnc2)cc1F. The molecule has 2 rings (SSSR count). The highest BCUT2D eigenvalue weighted by Crippen LogP contribution is 2.17. The summed E-state index contributed by atoms with van der Waals surface area (Å²) in [7, 11) is 1.38. The molecule has 1 amide bonds. The summed E-state index contributed by atoms with van der Waals surface area (Å²) in [4.78, 5) is 15.8. The van der Waals surface area contributed by atoms with E-state index in [1.165, 1.54) is 19.2 Å². The van der Waals surface area contributed by atoms with Gasteiger partial charge in [0.15, 0.2) is 11.6 Å². The Labute approximate surface area is 110 Å². The van der Waals surface area contributed by atoms with Gasteiger partial charge in [0.05, 0.1) is 7.11 Å².